The summed E-state index contributed by atoms with van der Waals surface area (Å²) in [5, 5.41) is 34.5. The molecule has 1 saturated carbocycles. The highest BCUT2D eigenvalue weighted by Gasteiger charge is 2.61. The molecule has 3 fully saturated rings. The lowest BCUT2D eigenvalue weighted by Crippen LogP contribution is -2.62. The maximum Gasteiger partial charge on any atom is 0.115 e. The summed E-state index contributed by atoms with van der Waals surface area (Å²) in [6, 6.07) is 0.295. The van der Waals surface area contributed by atoms with Gasteiger partial charge in [0.15, 0.2) is 0 Å². The molecule has 0 radical (unpaired) electrons. The topological polar surface area (TPSA) is 114 Å². The van der Waals surface area contributed by atoms with Gasteiger partial charge in [-0.05, 0) is 44.6 Å². The molecule has 4 rings (SSSR count). The Morgan fingerprint density at radius 1 is 1.17 bits per heavy atom. The van der Waals surface area contributed by atoms with Crippen molar-refractivity contribution in [1.29, 1.82) is 0 Å². The number of aliphatic hydroxyl groups is 2. The zero-order chi connectivity index (χ0) is 29.8. The average Bonchev–Trinajstić information content (AvgIpc) is 3.64. The van der Waals surface area contributed by atoms with Crippen molar-refractivity contribution in [3.8, 4) is 0 Å². The molecule has 0 amide bonds. The van der Waals surface area contributed by atoms with Crippen LogP contribution in [0.3, 0.4) is 0 Å². The Labute approximate surface area is 249 Å². The van der Waals surface area contributed by atoms with E-state index in [1.807, 2.05) is 0 Å². The van der Waals surface area contributed by atoms with Crippen molar-refractivity contribution < 1.29 is 19.7 Å². The third-order valence-corrected chi connectivity index (χ3v) is 9.78. The first kappa shape index (κ1) is 33.1. The number of nitrogens with zero attached hydrogens (tertiary/aromatic N) is 3. The molecule has 6 unspecified atom stereocenters. The minimum atomic E-state index is -0.613. The molecule has 0 bridgehead atoms. The van der Waals surface area contributed by atoms with Crippen LogP contribution in [0.4, 0.5) is 0 Å². The predicted octanol–water partition coefficient (Wildman–Crippen LogP) is 1.68. The lowest BCUT2D eigenvalue weighted by atomic mass is 9.84. The molecule has 0 aromatic rings. The van der Waals surface area contributed by atoms with Crippen LogP contribution in [0.15, 0.2) is 4.99 Å². The first-order valence-electron chi connectivity index (χ1n) is 16.1. The van der Waals surface area contributed by atoms with E-state index in [2.05, 4.69) is 60.4 Å². The fourth-order valence-corrected chi connectivity index (χ4v) is 7.35. The summed E-state index contributed by atoms with van der Waals surface area (Å²) in [6.45, 7) is 17.5. The molecule has 3 aliphatic heterocycles. The fraction of sp³-hybridized carbons (Fsp3) is 0.968. The molecule has 1 aliphatic carbocycles. The Morgan fingerprint density at radius 3 is 2.54 bits per heavy atom. The molecule has 0 aromatic heterocycles. The highest BCUT2D eigenvalue weighted by Crippen LogP contribution is 2.56. The van der Waals surface area contributed by atoms with Crippen molar-refractivity contribution in [2.45, 2.75) is 97.5 Å². The van der Waals surface area contributed by atoms with Crippen LogP contribution in [0.2, 0.25) is 0 Å². The molecule has 7 atom stereocenters. The molecular weight excluding hydrogens is 520 g/mol. The Bertz CT molecular complexity index is 845. The van der Waals surface area contributed by atoms with E-state index in [0.717, 1.165) is 77.2 Å². The Balaban J connectivity index is 1.45. The van der Waals surface area contributed by atoms with E-state index in [1.54, 1.807) is 14.2 Å². The summed E-state index contributed by atoms with van der Waals surface area (Å²) in [4.78, 5) is 9.56. The second-order valence-electron chi connectivity index (χ2n) is 14.6. The number of aliphatic imine (C=N–C) groups is 1. The van der Waals surface area contributed by atoms with Gasteiger partial charge in [0.1, 0.15) is 18.3 Å². The van der Waals surface area contributed by atoms with E-state index in [1.165, 1.54) is 0 Å². The lowest BCUT2D eigenvalue weighted by Gasteiger charge is -2.44. The molecule has 5 N–H and O–H groups in total. The van der Waals surface area contributed by atoms with Gasteiger partial charge in [-0.25, -0.2) is 0 Å². The maximum absolute atomic E-state index is 12.1. The van der Waals surface area contributed by atoms with Crippen LogP contribution in [-0.2, 0) is 9.47 Å². The lowest BCUT2D eigenvalue weighted by molar-refractivity contribution is -0.0892. The van der Waals surface area contributed by atoms with Crippen molar-refractivity contribution >= 4 is 5.84 Å². The number of amidine groups is 1. The van der Waals surface area contributed by atoms with Gasteiger partial charge in [-0.3, -0.25) is 20.1 Å². The minimum Gasteiger partial charge on any atom is -0.385 e. The highest BCUT2D eigenvalue weighted by atomic mass is 16.5. The molecule has 1 spiro atoms. The van der Waals surface area contributed by atoms with Crippen LogP contribution < -0.4 is 16.0 Å². The number of methoxy groups -OCH3 is 2. The molecule has 238 valence electrons. The summed E-state index contributed by atoms with van der Waals surface area (Å²) in [6.07, 6.45) is 4.12. The molecule has 0 aromatic carbocycles. The van der Waals surface area contributed by atoms with Crippen molar-refractivity contribution in [1.82, 2.24) is 25.8 Å². The average molecular weight is 581 g/mol. The Morgan fingerprint density at radius 2 is 1.90 bits per heavy atom. The SMILES string of the molecule is COCCCNC1NC(C(C)(C)C)=NCC1C(O)N(CC(C)C)C1CC12CNC[C@H](C(O)N1CCC(OC)CC1)C2. The van der Waals surface area contributed by atoms with Gasteiger partial charge >= 0.3 is 0 Å². The quantitative estimate of drug-likeness (QED) is 0.164. The predicted molar refractivity (Wildman–Crippen MR) is 164 cm³/mol. The van der Waals surface area contributed by atoms with Crippen LogP contribution in [0, 0.1) is 28.6 Å². The monoisotopic (exact) mass is 580 g/mol. The summed E-state index contributed by atoms with van der Waals surface area (Å²) in [7, 11) is 3.52. The first-order chi connectivity index (χ1) is 19.5. The third kappa shape index (κ3) is 8.20. The van der Waals surface area contributed by atoms with Gasteiger partial charge in [-0.15, -0.1) is 0 Å². The minimum absolute atomic E-state index is 0.0629. The molecule has 3 heterocycles. The Hall–Kier alpha value is -0.850. The molecule has 10 nitrogen and oxygen atoms in total. The van der Waals surface area contributed by atoms with Crippen LogP contribution in [0.1, 0.15) is 66.7 Å². The van der Waals surface area contributed by atoms with Crippen LogP contribution in [0.25, 0.3) is 0 Å². The molecular formula is C31H60N6O4. The molecule has 4 aliphatic rings. The first-order valence-corrected chi connectivity index (χ1v) is 16.1. The van der Waals surface area contributed by atoms with Crippen molar-refractivity contribution in [2.24, 2.45) is 33.6 Å². The molecule has 41 heavy (non-hydrogen) atoms. The number of likely N-dealkylation sites (tertiary alicyclic amines) is 1. The number of piperidine rings is 2. The Kier molecular flexibility index (Phi) is 11.5. The normalized spacial score (nSPS) is 33.2. The summed E-state index contributed by atoms with van der Waals surface area (Å²) < 4.78 is 10.8. The van der Waals surface area contributed by atoms with Crippen LogP contribution in [0.5, 0.6) is 0 Å². The van der Waals surface area contributed by atoms with Gasteiger partial charge in [-0.2, -0.15) is 0 Å². The van der Waals surface area contributed by atoms with E-state index in [0.29, 0.717) is 31.2 Å². The van der Waals surface area contributed by atoms with Crippen molar-refractivity contribution in [2.75, 3.05) is 66.6 Å². The van der Waals surface area contributed by atoms with Gasteiger partial charge in [0.25, 0.3) is 0 Å². The number of hydrogen-bond donors (Lipinski definition) is 5. The zero-order valence-electron chi connectivity index (χ0n) is 26.9. The van der Waals surface area contributed by atoms with Gasteiger partial charge in [0, 0.05) is 76.3 Å². The fourth-order valence-electron chi connectivity index (χ4n) is 7.35. The third-order valence-electron chi connectivity index (χ3n) is 9.78. The van der Waals surface area contributed by atoms with Crippen LogP contribution >= 0.6 is 0 Å². The number of nitrogens with one attached hydrogen (secondary N) is 3. The summed E-state index contributed by atoms with van der Waals surface area (Å²) in [5.41, 5.74) is 0.0109. The second-order valence-corrected chi connectivity index (χ2v) is 14.6. The van der Waals surface area contributed by atoms with Crippen molar-refractivity contribution in [3.63, 3.8) is 0 Å². The molecule has 10 heteroatoms. The van der Waals surface area contributed by atoms with E-state index in [-0.39, 0.29) is 28.8 Å². The summed E-state index contributed by atoms with van der Waals surface area (Å²) >= 11 is 0. The van der Waals surface area contributed by atoms with E-state index in [9.17, 15) is 10.2 Å². The van der Waals surface area contributed by atoms with Gasteiger partial charge in [0.05, 0.1) is 24.7 Å². The van der Waals surface area contributed by atoms with E-state index >= 15 is 0 Å². The van der Waals surface area contributed by atoms with Gasteiger partial charge < -0.3 is 30.3 Å². The highest BCUT2D eigenvalue weighted by molar-refractivity contribution is 5.87. The van der Waals surface area contributed by atoms with E-state index in [4.69, 9.17) is 14.5 Å². The standard InChI is InChI=1S/C31H60N6O4/c1-21(2)19-37(28(39)24-18-34-29(30(3,4)5)35-26(24)33-11-8-14-40-6)25-16-31(25)15-22(17-32-20-31)27(38)36-12-9-23(41-7)10-13-36/h21-28,32-33,38-39H,8-20H2,1-7H3,(H,34,35)/t22-,24?,25?,26?,27?,28?,31?/m1/s1. The van der Waals surface area contributed by atoms with Gasteiger partial charge in [0.2, 0.25) is 0 Å². The maximum atomic E-state index is 12.1. The van der Waals surface area contributed by atoms with Crippen molar-refractivity contribution in [3.05, 3.63) is 0 Å². The smallest absolute Gasteiger partial charge is 0.115 e. The number of hydrogen-bond acceptors (Lipinski definition) is 10. The number of aliphatic hydroxyl groups excluding tert-OH is 2. The second kappa shape index (κ2) is 14.3. The zero-order valence-corrected chi connectivity index (χ0v) is 26.9. The van der Waals surface area contributed by atoms with Crippen LogP contribution in [-0.4, -0.2) is 123 Å². The number of ether oxygens (including phenoxy) is 2. The molecule has 2 saturated heterocycles. The van der Waals surface area contributed by atoms with Gasteiger partial charge in [-0.1, -0.05) is 34.6 Å². The van der Waals surface area contributed by atoms with E-state index < -0.39 is 12.5 Å². The largest absolute Gasteiger partial charge is 0.385 e. The summed E-state index contributed by atoms with van der Waals surface area (Å²) in [5.74, 6) is 1.54. The number of rotatable bonds is 13.